The predicted molar refractivity (Wildman–Crippen MR) is 88.7 cm³/mol. The fourth-order valence-corrected chi connectivity index (χ4v) is 4.43. The lowest BCUT2D eigenvalue weighted by Crippen LogP contribution is -2.61. The summed E-state index contributed by atoms with van der Waals surface area (Å²) in [6.45, 7) is 7.31. The molecule has 0 bridgehead atoms. The molecule has 0 saturated carbocycles. The van der Waals surface area contributed by atoms with Crippen molar-refractivity contribution >= 4 is 16.5 Å². The first-order valence-corrected chi connectivity index (χ1v) is 8.73. The van der Waals surface area contributed by atoms with E-state index in [4.69, 9.17) is 4.74 Å². The van der Waals surface area contributed by atoms with E-state index in [0.29, 0.717) is 5.92 Å². The molecule has 0 atom stereocenters. The molecule has 1 fully saturated rings. The fourth-order valence-electron chi connectivity index (χ4n) is 3.38. The number of nitrogens with zero attached hydrogens (tertiary/aromatic N) is 3. The van der Waals surface area contributed by atoms with Gasteiger partial charge in [-0.25, -0.2) is 0 Å². The Hall–Kier alpha value is -1.62. The molecule has 4 rings (SSSR count). The molecule has 1 spiro atoms. The van der Waals surface area contributed by atoms with Crippen LogP contribution in [-0.2, 0) is 12.8 Å². The topological polar surface area (TPSA) is 38.2 Å². The third-order valence-electron chi connectivity index (χ3n) is 4.43. The van der Waals surface area contributed by atoms with Gasteiger partial charge in [0, 0.05) is 24.9 Å². The largest absolute Gasteiger partial charge is 0.493 e. The van der Waals surface area contributed by atoms with Gasteiger partial charge >= 0.3 is 0 Å². The second kappa shape index (κ2) is 5.23. The number of benzene rings is 1. The van der Waals surface area contributed by atoms with Gasteiger partial charge < -0.3 is 9.64 Å². The number of ether oxygens (including phenoxy) is 1. The summed E-state index contributed by atoms with van der Waals surface area (Å²) in [6, 6.07) is 8.40. The highest BCUT2D eigenvalue weighted by molar-refractivity contribution is 7.15. The van der Waals surface area contributed by atoms with E-state index in [0.717, 1.165) is 48.4 Å². The summed E-state index contributed by atoms with van der Waals surface area (Å²) < 4.78 is 5.96. The van der Waals surface area contributed by atoms with Gasteiger partial charge in [0.1, 0.15) is 10.8 Å². The Labute approximate surface area is 135 Å². The highest BCUT2D eigenvalue weighted by Crippen LogP contribution is 2.43. The highest BCUT2D eigenvalue weighted by atomic mass is 32.1. The lowest BCUT2D eigenvalue weighted by atomic mass is 9.74. The van der Waals surface area contributed by atoms with E-state index >= 15 is 0 Å². The first kappa shape index (κ1) is 14.0. The Morgan fingerprint density at radius 2 is 2.09 bits per heavy atom. The number of hydrogen-bond acceptors (Lipinski definition) is 5. The van der Waals surface area contributed by atoms with Crippen molar-refractivity contribution in [3.8, 4) is 5.75 Å². The number of rotatable bonds is 3. The monoisotopic (exact) mass is 315 g/mol. The second-order valence-corrected chi connectivity index (χ2v) is 8.05. The van der Waals surface area contributed by atoms with Crippen molar-refractivity contribution in [3.05, 3.63) is 34.8 Å². The minimum absolute atomic E-state index is 0.262. The smallest absolute Gasteiger partial charge is 0.208 e. The summed E-state index contributed by atoms with van der Waals surface area (Å²) in [4.78, 5) is 2.35. The van der Waals surface area contributed by atoms with Crippen molar-refractivity contribution in [3.63, 3.8) is 0 Å². The van der Waals surface area contributed by atoms with Crippen LogP contribution in [0.25, 0.3) is 0 Å². The first-order chi connectivity index (χ1) is 10.6. The van der Waals surface area contributed by atoms with Gasteiger partial charge in [0.2, 0.25) is 5.13 Å². The van der Waals surface area contributed by atoms with Crippen LogP contribution in [0.3, 0.4) is 0 Å². The molecule has 0 aliphatic carbocycles. The molecule has 0 unspecified atom stereocenters. The molecule has 0 N–H and O–H groups in total. The molecule has 22 heavy (non-hydrogen) atoms. The number of para-hydroxylation sites is 1. The summed E-state index contributed by atoms with van der Waals surface area (Å²) in [7, 11) is 0. The van der Waals surface area contributed by atoms with E-state index in [1.165, 1.54) is 5.56 Å². The zero-order valence-corrected chi connectivity index (χ0v) is 13.9. The van der Waals surface area contributed by atoms with Crippen molar-refractivity contribution in [2.24, 2.45) is 11.3 Å². The van der Waals surface area contributed by atoms with Crippen LogP contribution < -0.4 is 9.64 Å². The van der Waals surface area contributed by atoms with Crippen molar-refractivity contribution in [2.45, 2.75) is 26.7 Å². The lowest BCUT2D eigenvalue weighted by Gasteiger charge is -2.51. The van der Waals surface area contributed by atoms with Gasteiger partial charge in [-0.3, -0.25) is 0 Å². The summed E-state index contributed by atoms with van der Waals surface area (Å²) in [5.41, 5.74) is 1.60. The van der Waals surface area contributed by atoms with E-state index in [1.807, 2.05) is 6.07 Å². The number of anilines is 1. The van der Waals surface area contributed by atoms with Crippen molar-refractivity contribution < 1.29 is 4.74 Å². The van der Waals surface area contributed by atoms with E-state index in [2.05, 4.69) is 47.1 Å². The van der Waals surface area contributed by atoms with Crippen molar-refractivity contribution in [1.29, 1.82) is 0 Å². The molecule has 2 aliphatic heterocycles. The van der Waals surface area contributed by atoms with E-state index < -0.39 is 0 Å². The molecule has 1 aromatic carbocycles. The van der Waals surface area contributed by atoms with Gasteiger partial charge in [0.15, 0.2) is 0 Å². The number of fused-ring (bicyclic) bond motifs is 1. The van der Waals surface area contributed by atoms with Gasteiger partial charge in [-0.15, -0.1) is 10.2 Å². The normalized spacial score (nSPS) is 19.0. The van der Waals surface area contributed by atoms with Crippen molar-refractivity contribution in [2.75, 3.05) is 24.6 Å². The van der Waals surface area contributed by atoms with Gasteiger partial charge in [-0.2, -0.15) is 0 Å². The summed E-state index contributed by atoms with van der Waals surface area (Å²) >= 11 is 1.74. The Balaban J connectivity index is 1.43. The zero-order chi connectivity index (χ0) is 15.2. The maximum atomic E-state index is 5.96. The number of hydrogen-bond donors (Lipinski definition) is 0. The molecule has 0 radical (unpaired) electrons. The van der Waals surface area contributed by atoms with Gasteiger partial charge in [0.05, 0.1) is 6.61 Å². The first-order valence-electron chi connectivity index (χ1n) is 7.92. The highest BCUT2D eigenvalue weighted by Gasteiger charge is 2.47. The minimum atomic E-state index is 0.262. The van der Waals surface area contributed by atoms with Crippen LogP contribution in [0, 0.1) is 11.3 Å². The summed E-state index contributed by atoms with van der Waals surface area (Å²) in [5.74, 6) is 1.69. The van der Waals surface area contributed by atoms with Crippen LogP contribution in [0.4, 0.5) is 5.13 Å². The fraction of sp³-hybridized carbons (Fsp3) is 0.529. The van der Waals surface area contributed by atoms with Gasteiger partial charge in [0.25, 0.3) is 0 Å². The minimum Gasteiger partial charge on any atom is -0.493 e. The summed E-state index contributed by atoms with van der Waals surface area (Å²) in [6.07, 6.45) is 2.13. The van der Waals surface area contributed by atoms with Crippen LogP contribution in [0.15, 0.2) is 24.3 Å². The molecule has 5 heteroatoms. The molecule has 1 saturated heterocycles. The van der Waals surface area contributed by atoms with Gasteiger partial charge in [-0.1, -0.05) is 43.4 Å². The SMILES string of the molecule is CC(C)Cc1nnc(N2CC3(COc4ccccc4C3)C2)s1. The molecule has 2 aliphatic rings. The van der Waals surface area contributed by atoms with Crippen LogP contribution in [0.5, 0.6) is 5.75 Å². The Bertz CT molecular complexity index is 676. The van der Waals surface area contributed by atoms with E-state index in [9.17, 15) is 0 Å². The standard InChI is InChI=1S/C17H21N3OS/c1-12(2)7-15-18-19-16(22-15)20-9-17(10-20)8-13-5-3-4-6-14(13)21-11-17/h3-6,12H,7-11H2,1-2H3. The maximum Gasteiger partial charge on any atom is 0.208 e. The Morgan fingerprint density at radius 3 is 2.91 bits per heavy atom. The molecule has 1 aromatic heterocycles. The molecule has 2 aromatic rings. The Morgan fingerprint density at radius 1 is 1.27 bits per heavy atom. The van der Waals surface area contributed by atoms with Crippen LogP contribution in [0.2, 0.25) is 0 Å². The molecule has 0 amide bonds. The second-order valence-electron chi connectivity index (χ2n) is 7.01. The molecule has 3 heterocycles. The zero-order valence-electron chi connectivity index (χ0n) is 13.1. The van der Waals surface area contributed by atoms with E-state index in [1.54, 1.807) is 11.3 Å². The third-order valence-corrected chi connectivity index (χ3v) is 5.44. The van der Waals surface area contributed by atoms with Gasteiger partial charge in [-0.05, 0) is 24.0 Å². The predicted octanol–water partition coefficient (Wildman–Crippen LogP) is 3.18. The van der Waals surface area contributed by atoms with Crippen molar-refractivity contribution in [1.82, 2.24) is 10.2 Å². The van der Waals surface area contributed by atoms with E-state index in [-0.39, 0.29) is 5.41 Å². The average molecular weight is 315 g/mol. The third kappa shape index (κ3) is 2.47. The molecule has 116 valence electrons. The van der Waals surface area contributed by atoms with Crippen LogP contribution in [-0.4, -0.2) is 29.9 Å². The molecule has 4 nitrogen and oxygen atoms in total. The lowest BCUT2D eigenvalue weighted by molar-refractivity contribution is 0.0879. The van der Waals surface area contributed by atoms with Crippen LogP contribution in [0.1, 0.15) is 24.4 Å². The summed E-state index contributed by atoms with van der Waals surface area (Å²) in [5, 5.41) is 10.9. The quantitative estimate of drug-likeness (QED) is 0.872. The number of aromatic nitrogens is 2. The Kier molecular flexibility index (Phi) is 3.33. The molecular formula is C17H21N3OS. The van der Waals surface area contributed by atoms with Crippen LogP contribution >= 0.6 is 11.3 Å². The average Bonchev–Trinajstić information content (AvgIpc) is 2.91. The maximum absolute atomic E-state index is 5.96. The molecular weight excluding hydrogens is 294 g/mol.